The van der Waals surface area contributed by atoms with Crippen LogP contribution in [0.2, 0.25) is 0 Å². The van der Waals surface area contributed by atoms with E-state index in [0.717, 1.165) is 77.3 Å². The average molecular weight is 767 g/mol. The predicted octanol–water partition coefficient (Wildman–Crippen LogP) is 6.61. The maximum absolute atomic E-state index is 13.7. The molecule has 2 aliphatic rings. The fourth-order valence-corrected chi connectivity index (χ4v) is 7.70. The molecule has 4 atom stereocenters. The number of likely N-dealkylation sites (tertiary alicyclic amines) is 1. The molecule has 14 heteroatoms. The zero-order valence-electron chi connectivity index (χ0n) is 33.3. The van der Waals surface area contributed by atoms with E-state index in [0.29, 0.717) is 18.8 Å². The lowest BCUT2D eigenvalue weighted by molar-refractivity contribution is -0.135. The van der Waals surface area contributed by atoms with Crippen LogP contribution in [0.1, 0.15) is 95.3 Å². The normalized spacial score (nSPS) is 16.7. The van der Waals surface area contributed by atoms with E-state index in [9.17, 15) is 19.2 Å². The number of hydrogen-bond donors (Lipinski definition) is 5. The number of nitrogens with one attached hydrogen (secondary N) is 5. The van der Waals surface area contributed by atoms with E-state index >= 15 is 0 Å². The molecule has 4 aromatic rings. The van der Waals surface area contributed by atoms with Gasteiger partial charge in [-0.05, 0) is 72.6 Å². The first-order valence-electron chi connectivity index (χ1n) is 19.6. The van der Waals surface area contributed by atoms with Gasteiger partial charge in [-0.2, -0.15) is 0 Å². The van der Waals surface area contributed by atoms with Crippen molar-refractivity contribution in [3.63, 3.8) is 0 Å². The summed E-state index contributed by atoms with van der Waals surface area (Å²) in [6.45, 7) is 10.1. The van der Waals surface area contributed by atoms with Gasteiger partial charge in [-0.1, -0.05) is 77.1 Å². The molecule has 1 aliphatic carbocycles. The van der Waals surface area contributed by atoms with Crippen LogP contribution in [0.3, 0.4) is 0 Å². The molecule has 5 N–H and O–H groups in total. The number of H-pyrrole nitrogens is 2. The lowest BCUT2D eigenvalue weighted by Gasteiger charge is -2.30. The molecule has 2 aromatic heterocycles. The Hall–Kier alpha value is -5.66. The van der Waals surface area contributed by atoms with Gasteiger partial charge < -0.3 is 40.3 Å². The summed E-state index contributed by atoms with van der Waals surface area (Å²) in [6, 6.07) is 12.9. The molecule has 0 radical (unpaired) electrons. The number of aromatic nitrogens is 4. The van der Waals surface area contributed by atoms with Gasteiger partial charge in [-0.25, -0.2) is 19.6 Å². The number of carbonyl (C=O) groups excluding carboxylic acids is 4. The number of fused-ring (bicyclic) bond motifs is 3. The number of aromatic amines is 2. The van der Waals surface area contributed by atoms with Gasteiger partial charge >= 0.3 is 12.2 Å². The zero-order valence-corrected chi connectivity index (χ0v) is 33.3. The third-order valence-electron chi connectivity index (χ3n) is 10.9. The molecule has 6 rings (SSSR count). The van der Waals surface area contributed by atoms with Crippen molar-refractivity contribution in [2.24, 2.45) is 11.8 Å². The Morgan fingerprint density at radius 2 is 1.50 bits per heavy atom. The zero-order chi connectivity index (χ0) is 40.1. The molecule has 1 fully saturated rings. The summed E-state index contributed by atoms with van der Waals surface area (Å²) >= 11 is 0. The summed E-state index contributed by atoms with van der Waals surface area (Å²) in [5.74, 6) is 0.761. The van der Waals surface area contributed by atoms with Gasteiger partial charge in [-0.15, -0.1) is 0 Å². The Labute approximate surface area is 327 Å². The number of ether oxygens (including phenoxy) is 2. The number of hydrogen-bond acceptors (Lipinski definition) is 8. The summed E-state index contributed by atoms with van der Waals surface area (Å²) in [4.78, 5) is 69.3. The summed E-state index contributed by atoms with van der Waals surface area (Å²) in [5.41, 5.74) is 8.36. The van der Waals surface area contributed by atoms with Gasteiger partial charge in [0.2, 0.25) is 11.8 Å². The Bertz CT molecular complexity index is 2040. The second-order valence-corrected chi connectivity index (χ2v) is 15.3. The van der Waals surface area contributed by atoms with Crippen molar-refractivity contribution in [2.45, 2.75) is 97.3 Å². The number of benzene rings is 2. The number of carbonyl (C=O) groups is 4. The van der Waals surface area contributed by atoms with Crippen molar-refractivity contribution >= 4 is 24.0 Å². The fraction of sp³-hybridized carbons (Fsp3) is 0.476. The van der Waals surface area contributed by atoms with Crippen LogP contribution < -0.4 is 16.0 Å². The van der Waals surface area contributed by atoms with Gasteiger partial charge in [0.25, 0.3) is 0 Å². The average Bonchev–Trinajstić information content (AvgIpc) is 3.96. The molecule has 56 heavy (non-hydrogen) atoms. The van der Waals surface area contributed by atoms with Crippen molar-refractivity contribution in [2.75, 3.05) is 20.8 Å². The van der Waals surface area contributed by atoms with Crippen LogP contribution in [0.25, 0.3) is 33.6 Å². The quantitative estimate of drug-likeness (QED) is 0.107. The van der Waals surface area contributed by atoms with Gasteiger partial charge in [-0.3, -0.25) is 9.59 Å². The molecule has 0 saturated carbocycles. The van der Waals surface area contributed by atoms with Crippen LogP contribution >= 0.6 is 0 Å². The topological polar surface area (TPSA) is 183 Å². The van der Waals surface area contributed by atoms with Crippen LogP contribution in [-0.2, 0) is 31.9 Å². The van der Waals surface area contributed by atoms with Crippen molar-refractivity contribution in [1.82, 2.24) is 40.8 Å². The smallest absolute Gasteiger partial charge is 0.407 e. The molecule has 0 spiro atoms. The van der Waals surface area contributed by atoms with E-state index < -0.39 is 24.3 Å². The van der Waals surface area contributed by atoms with Crippen LogP contribution in [0.15, 0.2) is 48.7 Å². The molecular formula is C42H54N8O6. The van der Waals surface area contributed by atoms with E-state index in [1.807, 2.05) is 39.5 Å². The lowest BCUT2D eigenvalue weighted by atomic mass is 9.95. The Balaban J connectivity index is 1.17. The van der Waals surface area contributed by atoms with Gasteiger partial charge in [0.15, 0.2) is 0 Å². The minimum atomic E-state index is -0.743. The molecule has 298 valence electrons. The molecule has 1 saturated heterocycles. The predicted molar refractivity (Wildman–Crippen MR) is 212 cm³/mol. The van der Waals surface area contributed by atoms with Crippen molar-refractivity contribution in [3.8, 4) is 33.6 Å². The monoisotopic (exact) mass is 766 g/mol. The second kappa shape index (κ2) is 17.4. The van der Waals surface area contributed by atoms with E-state index in [1.165, 1.54) is 19.8 Å². The van der Waals surface area contributed by atoms with Crippen LogP contribution in [0.4, 0.5) is 9.59 Å². The van der Waals surface area contributed by atoms with E-state index in [1.54, 1.807) is 6.20 Å². The largest absolute Gasteiger partial charge is 0.453 e. The number of rotatable bonds is 12. The Kier molecular flexibility index (Phi) is 12.5. The Morgan fingerprint density at radius 3 is 2.16 bits per heavy atom. The summed E-state index contributed by atoms with van der Waals surface area (Å²) in [7, 11) is 2.57. The minimum absolute atomic E-state index is 0.103. The fourth-order valence-electron chi connectivity index (χ4n) is 7.70. The molecule has 0 bridgehead atoms. The number of methoxy groups -OCH3 is 2. The van der Waals surface area contributed by atoms with E-state index in [-0.39, 0.29) is 35.7 Å². The maximum Gasteiger partial charge on any atom is 0.407 e. The highest BCUT2D eigenvalue weighted by Crippen LogP contribution is 2.38. The first kappa shape index (κ1) is 40.0. The van der Waals surface area contributed by atoms with E-state index in [4.69, 9.17) is 14.5 Å². The van der Waals surface area contributed by atoms with Gasteiger partial charge in [0.05, 0.1) is 43.9 Å². The van der Waals surface area contributed by atoms with Gasteiger partial charge in [0.1, 0.15) is 23.7 Å². The molecule has 1 aliphatic heterocycles. The second-order valence-electron chi connectivity index (χ2n) is 15.3. The van der Waals surface area contributed by atoms with Gasteiger partial charge in [0, 0.05) is 17.8 Å². The molecule has 3 heterocycles. The molecule has 4 amide bonds. The molecule has 14 nitrogen and oxygen atoms in total. The van der Waals surface area contributed by atoms with Crippen LogP contribution in [0.5, 0.6) is 0 Å². The van der Waals surface area contributed by atoms with Crippen molar-refractivity contribution in [1.29, 1.82) is 0 Å². The maximum atomic E-state index is 13.7. The third-order valence-corrected chi connectivity index (χ3v) is 10.9. The minimum Gasteiger partial charge on any atom is -0.453 e. The summed E-state index contributed by atoms with van der Waals surface area (Å²) in [6.07, 6.45) is 5.52. The first-order valence-corrected chi connectivity index (χ1v) is 19.6. The highest BCUT2D eigenvalue weighted by atomic mass is 16.5. The number of amides is 4. The number of nitrogens with zero attached hydrogens (tertiary/aromatic N) is 3. The first-order chi connectivity index (χ1) is 26.9. The van der Waals surface area contributed by atoms with Crippen LogP contribution in [0, 0.1) is 11.8 Å². The summed E-state index contributed by atoms with van der Waals surface area (Å²) in [5, 5.41) is 8.36. The standard InChI is InChI=1S/C42H54N8O6/c1-8-30(46-39(51)34(23(2)3)48-41(53)55-6)37-43-22-32(45-37)26-16-14-25(15-17-26)27-18-19-29-28(21-27)11-9-12-31-36(29)47-38(44-31)33-13-10-20-50(33)40(52)35(24(4)5)49-42(54)56-7/h14-19,21-24,30,33-35H,8-13,20H2,1-7H3,(H,43,45)(H,44,47)(H,46,51)(H,48,53)(H,49,54)/t30-,33-,34-,35-/m0/s1. The van der Waals surface area contributed by atoms with E-state index in [2.05, 4.69) is 73.4 Å². The van der Waals surface area contributed by atoms with Crippen molar-refractivity contribution < 1.29 is 28.7 Å². The lowest BCUT2D eigenvalue weighted by Crippen LogP contribution is -2.51. The summed E-state index contributed by atoms with van der Waals surface area (Å²) < 4.78 is 9.49. The number of imidazole rings is 2. The molecule has 2 aromatic carbocycles. The highest BCUT2D eigenvalue weighted by Gasteiger charge is 2.38. The van der Waals surface area contributed by atoms with Crippen LogP contribution in [-0.4, -0.2) is 81.7 Å². The number of aryl methyl sites for hydroxylation is 2. The third kappa shape index (κ3) is 8.58. The number of alkyl carbamates (subject to hydrolysis) is 2. The molecule has 0 unspecified atom stereocenters. The highest BCUT2D eigenvalue weighted by molar-refractivity contribution is 5.87. The SMILES string of the molecule is CC[C@H](NC(=O)[C@@H](NC(=O)OC)C(C)C)c1ncc(-c2ccc(-c3ccc4c(c3)CCCc3[nH]c([C@@H]5CCCN5C(=O)[C@@H](NC(=O)OC)C(C)C)nc3-4)cc2)[nH]1. The molecular weight excluding hydrogens is 713 g/mol. The Morgan fingerprint density at radius 1 is 0.839 bits per heavy atom. The van der Waals surface area contributed by atoms with Crippen molar-refractivity contribution in [3.05, 3.63) is 71.6 Å².